The van der Waals surface area contributed by atoms with Crippen LogP contribution < -0.4 is 4.90 Å². The second kappa shape index (κ2) is 5.16. The number of rotatable bonds is 2. The van der Waals surface area contributed by atoms with Gasteiger partial charge >= 0.3 is 7.05 Å². The first-order valence-corrected chi connectivity index (χ1v) is 6.25. The Bertz CT molecular complexity index is 338. The molecule has 6 heteroatoms. The highest BCUT2D eigenvalue weighted by molar-refractivity contribution is 9.10. The number of pyridine rings is 1. The van der Waals surface area contributed by atoms with Crippen LogP contribution in [0.15, 0.2) is 22.8 Å². The van der Waals surface area contributed by atoms with Crippen molar-refractivity contribution in [3.05, 3.63) is 22.8 Å². The Hall–Kier alpha value is -0.585. The Morgan fingerprint density at radius 1 is 1.31 bits per heavy atom. The van der Waals surface area contributed by atoms with Crippen molar-refractivity contribution in [2.75, 3.05) is 31.1 Å². The normalized spacial score (nSPS) is 17.6. The minimum Gasteiger partial charge on any atom is -0.437 e. The van der Waals surface area contributed by atoms with Crippen LogP contribution >= 0.6 is 15.9 Å². The molecular weight excluding hydrogens is 269 g/mol. The summed E-state index contributed by atoms with van der Waals surface area (Å²) in [6.45, 7) is 5.41. The number of aromatic nitrogens is 1. The van der Waals surface area contributed by atoms with Crippen molar-refractivity contribution < 1.29 is 5.02 Å². The maximum atomic E-state index is 9.46. The summed E-state index contributed by atoms with van der Waals surface area (Å²) in [5.74, 6) is 1.01. The van der Waals surface area contributed by atoms with Crippen LogP contribution in [0.3, 0.4) is 0 Å². The van der Waals surface area contributed by atoms with E-state index in [4.69, 9.17) is 0 Å². The summed E-state index contributed by atoms with van der Waals surface area (Å²) in [5, 5.41) is 9.46. The second-order valence-corrected chi connectivity index (χ2v) is 4.91. The predicted octanol–water partition coefficient (Wildman–Crippen LogP) is 1.08. The number of anilines is 1. The molecule has 1 aliphatic heterocycles. The fourth-order valence-corrected chi connectivity index (χ4v) is 2.11. The number of halogens is 1. The molecule has 2 rings (SSSR count). The van der Waals surface area contributed by atoms with E-state index in [0.717, 1.165) is 36.5 Å². The van der Waals surface area contributed by atoms with Gasteiger partial charge in [-0.05, 0) is 34.9 Å². The maximum absolute atomic E-state index is 9.46. The van der Waals surface area contributed by atoms with Gasteiger partial charge in [-0.15, -0.1) is 0 Å². The third-order valence-electron chi connectivity index (χ3n) is 2.88. The van der Waals surface area contributed by atoms with Gasteiger partial charge in [0.1, 0.15) is 5.82 Å². The summed E-state index contributed by atoms with van der Waals surface area (Å²) < 4.78 is 0.999. The van der Waals surface area contributed by atoms with Crippen molar-refractivity contribution in [3.8, 4) is 0 Å². The molecule has 86 valence electrons. The Balaban J connectivity index is 1.96. The molecule has 4 nitrogen and oxygen atoms in total. The molecule has 0 radical (unpaired) electrons. The van der Waals surface area contributed by atoms with E-state index in [1.807, 2.05) is 25.2 Å². The Kier molecular flexibility index (Phi) is 3.84. The smallest absolute Gasteiger partial charge is 0.376 e. The Labute approximate surface area is 105 Å². The highest BCUT2D eigenvalue weighted by Gasteiger charge is 2.22. The van der Waals surface area contributed by atoms with Crippen molar-refractivity contribution in [1.29, 1.82) is 0 Å². The largest absolute Gasteiger partial charge is 0.437 e. The van der Waals surface area contributed by atoms with Gasteiger partial charge in [-0.3, -0.25) is 0 Å². The van der Waals surface area contributed by atoms with E-state index >= 15 is 0 Å². The van der Waals surface area contributed by atoms with Crippen LogP contribution in [-0.4, -0.2) is 48.0 Å². The van der Waals surface area contributed by atoms with Gasteiger partial charge in [0.2, 0.25) is 0 Å². The highest BCUT2D eigenvalue weighted by atomic mass is 79.9. The summed E-state index contributed by atoms with van der Waals surface area (Å²) in [6, 6.07) is 4.02. The molecule has 0 amide bonds. The highest BCUT2D eigenvalue weighted by Crippen LogP contribution is 2.16. The topological polar surface area (TPSA) is 39.6 Å². The minimum atomic E-state index is -0.347. The number of hydrogen-bond acceptors (Lipinski definition) is 4. The quantitative estimate of drug-likeness (QED) is 0.825. The Morgan fingerprint density at radius 3 is 2.50 bits per heavy atom. The first-order valence-electron chi connectivity index (χ1n) is 5.45. The van der Waals surface area contributed by atoms with Crippen LogP contribution in [0.1, 0.15) is 0 Å². The van der Waals surface area contributed by atoms with Gasteiger partial charge in [-0.25, -0.2) is 4.98 Å². The SMILES string of the molecule is CB(O)N1CCN(c2ccc(Br)cn2)CC1. The fourth-order valence-electron chi connectivity index (χ4n) is 1.88. The van der Waals surface area contributed by atoms with Crippen LogP contribution in [0.5, 0.6) is 0 Å². The van der Waals surface area contributed by atoms with E-state index in [1.165, 1.54) is 0 Å². The molecule has 0 bridgehead atoms. The van der Waals surface area contributed by atoms with Gasteiger partial charge in [-0.2, -0.15) is 0 Å². The number of nitrogens with zero attached hydrogens (tertiary/aromatic N) is 3. The van der Waals surface area contributed by atoms with Gasteiger partial charge in [0.25, 0.3) is 0 Å². The lowest BCUT2D eigenvalue weighted by Gasteiger charge is -2.35. The number of piperazine rings is 1. The van der Waals surface area contributed by atoms with Crippen LogP contribution in [-0.2, 0) is 0 Å². The standard InChI is InChI=1S/C10H15BBrN3O/c1-11(16)15-6-4-14(5-7-15)10-3-2-9(12)8-13-10/h2-3,8,16H,4-7H2,1H3. The summed E-state index contributed by atoms with van der Waals surface area (Å²) in [4.78, 5) is 8.68. The zero-order valence-corrected chi connectivity index (χ0v) is 10.9. The zero-order valence-electron chi connectivity index (χ0n) is 9.30. The van der Waals surface area contributed by atoms with E-state index in [0.29, 0.717) is 0 Å². The van der Waals surface area contributed by atoms with Crippen LogP contribution in [0.2, 0.25) is 6.82 Å². The van der Waals surface area contributed by atoms with E-state index in [2.05, 4.69) is 30.6 Å². The first-order chi connectivity index (χ1) is 7.66. The molecule has 0 spiro atoms. The summed E-state index contributed by atoms with van der Waals surface area (Å²) >= 11 is 3.38. The molecule has 1 aromatic heterocycles. The van der Waals surface area contributed by atoms with Gasteiger partial charge in [-0.1, -0.05) is 0 Å². The monoisotopic (exact) mass is 283 g/mol. The van der Waals surface area contributed by atoms with Gasteiger partial charge in [0.05, 0.1) is 0 Å². The number of hydrogen-bond donors (Lipinski definition) is 1. The first kappa shape index (κ1) is 11.9. The molecule has 1 aliphatic rings. The van der Waals surface area contributed by atoms with Crippen LogP contribution in [0.25, 0.3) is 0 Å². The van der Waals surface area contributed by atoms with E-state index < -0.39 is 0 Å². The molecule has 0 atom stereocenters. The molecule has 0 saturated carbocycles. The van der Waals surface area contributed by atoms with E-state index in [-0.39, 0.29) is 7.05 Å². The fraction of sp³-hybridized carbons (Fsp3) is 0.500. The van der Waals surface area contributed by atoms with Gasteiger partial charge in [0.15, 0.2) is 0 Å². The van der Waals surface area contributed by atoms with E-state index in [1.54, 1.807) is 0 Å². The lowest BCUT2D eigenvalue weighted by Crippen LogP contribution is -2.51. The van der Waals surface area contributed by atoms with Crippen LogP contribution in [0.4, 0.5) is 5.82 Å². The lowest BCUT2D eigenvalue weighted by atomic mass is 9.84. The van der Waals surface area contributed by atoms with Crippen molar-refractivity contribution in [1.82, 2.24) is 9.79 Å². The molecular formula is C10H15BBrN3O. The Morgan fingerprint density at radius 2 is 2.00 bits per heavy atom. The summed E-state index contributed by atoms with van der Waals surface area (Å²) in [5.41, 5.74) is 0. The second-order valence-electron chi connectivity index (χ2n) is 3.99. The van der Waals surface area contributed by atoms with Gasteiger partial charge in [0, 0.05) is 36.8 Å². The molecule has 1 aromatic rings. The van der Waals surface area contributed by atoms with Crippen molar-refractivity contribution in [2.45, 2.75) is 6.82 Å². The van der Waals surface area contributed by atoms with E-state index in [9.17, 15) is 5.02 Å². The van der Waals surface area contributed by atoms with Crippen molar-refractivity contribution in [3.63, 3.8) is 0 Å². The summed E-state index contributed by atoms with van der Waals surface area (Å²) in [6.07, 6.45) is 1.82. The molecule has 16 heavy (non-hydrogen) atoms. The summed E-state index contributed by atoms with van der Waals surface area (Å²) in [7, 11) is -0.347. The molecule has 1 N–H and O–H groups in total. The zero-order chi connectivity index (χ0) is 11.5. The van der Waals surface area contributed by atoms with Gasteiger partial charge < -0.3 is 14.7 Å². The molecule has 0 aliphatic carbocycles. The van der Waals surface area contributed by atoms with Crippen LogP contribution in [0, 0.1) is 0 Å². The molecule has 2 heterocycles. The molecule has 1 fully saturated rings. The molecule has 0 unspecified atom stereocenters. The molecule has 0 aromatic carbocycles. The van der Waals surface area contributed by atoms with Crippen molar-refractivity contribution >= 4 is 28.8 Å². The third kappa shape index (κ3) is 2.75. The van der Waals surface area contributed by atoms with Crippen molar-refractivity contribution in [2.24, 2.45) is 0 Å². The lowest BCUT2D eigenvalue weighted by molar-refractivity contribution is 0.344. The molecule has 1 saturated heterocycles. The minimum absolute atomic E-state index is 0.347. The average molecular weight is 284 g/mol. The third-order valence-corrected chi connectivity index (χ3v) is 3.35. The predicted molar refractivity (Wildman–Crippen MR) is 69.6 cm³/mol. The average Bonchev–Trinajstić information content (AvgIpc) is 2.30. The maximum Gasteiger partial charge on any atom is 0.376 e.